The lowest BCUT2D eigenvalue weighted by Crippen LogP contribution is -2.40. The molecule has 2 aromatic heterocycles. The molecular weight excluding hydrogens is 955 g/mol. The molecule has 0 bridgehead atoms. The average Bonchev–Trinajstić information content (AvgIpc) is 3.61. The fourth-order valence-electron chi connectivity index (χ4n) is 8.52. The Bertz CT molecular complexity index is 3170. The summed E-state index contributed by atoms with van der Waals surface area (Å²) >= 11 is 0. The number of rotatable bonds is 6. The minimum absolute atomic E-state index is 0.995. The molecule has 0 fully saturated rings. The molecule has 9 rings (SSSR count). The topological polar surface area (TPSA) is 129 Å². The molecule has 0 unspecified atom stereocenters. The van der Waals surface area contributed by atoms with Crippen LogP contribution in [0, 0.1) is 0 Å². The van der Waals surface area contributed by atoms with Gasteiger partial charge in [-0.2, -0.15) is 35.5 Å². The molecule has 5 aromatic carbocycles. The van der Waals surface area contributed by atoms with Crippen LogP contribution in [0.5, 0.6) is 0 Å². The molecular formula is C52H48F6N4O6S2. The summed E-state index contributed by atoms with van der Waals surface area (Å²) in [5.74, 6) is 0. The van der Waals surface area contributed by atoms with Crippen molar-refractivity contribution >= 4 is 77.5 Å². The van der Waals surface area contributed by atoms with Crippen molar-refractivity contribution in [1.29, 1.82) is 0 Å². The van der Waals surface area contributed by atoms with Crippen LogP contribution in [0.25, 0.3) is 68.4 Å². The van der Waals surface area contributed by atoms with Crippen LogP contribution in [0.4, 0.5) is 37.7 Å². The number of alkyl halides is 6. The number of pyridine rings is 2. The Morgan fingerprint density at radius 3 is 1.17 bits per heavy atom. The van der Waals surface area contributed by atoms with Gasteiger partial charge in [0, 0.05) is 88.8 Å². The zero-order chi connectivity index (χ0) is 50.8. The highest BCUT2D eigenvalue weighted by Crippen LogP contribution is 2.39. The van der Waals surface area contributed by atoms with Gasteiger partial charge in [0.05, 0.1) is 11.1 Å². The quantitative estimate of drug-likeness (QED) is 0.0697. The van der Waals surface area contributed by atoms with E-state index in [1.807, 2.05) is 0 Å². The van der Waals surface area contributed by atoms with Gasteiger partial charge in [-0.1, -0.05) is 48.5 Å². The number of halogens is 6. The predicted octanol–water partition coefficient (Wildman–Crippen LogP) is 10.4. The normalized spacial score (nSPS) is 13.8. The third-order valence-electron chi connectivity index (χ3n) is 12.0. The number of fused-ring (bicyclic) bond motifs is 9. The predicted molar refractivity (Wildman–Crippen MR) is 260 cm³/mol. The van der Waals surface area contributed by atoms with Crippen LogP contribution in [0.2, 0.25) is 0 Å². The molecule has 0 saturated heterocycles. The molecule has 0 spiro atoms. The minimum atomic E-state index is -6.09. The molecule has 18 heteroatoms. The standard InChI is InChI=1S/C50H48N4.2CHF3O3S/c1-51(2)45-27-23-39-31-35(15-19-41(39)33-45)17-25-43-11-5-13-47-49-37(9-7-29-53(43)47)21-22-38-10-8-30-54-44(12-6-14-48(54)50(38)49)26-18-36-16-20-42-34-46(52(3)4)28-24-40(42)32-36;2*2-1(3,4)8(5,6)7/h5-6,11-28,31-34H,7-10,29-30H2,1-4H3;2*(H,5,6,7)/q+2;;/p-2. The summed E-state index contributed by atoms with van der Waals surface area (Å²) in [5.41, 5.74) is 4.44. The Morgan fingerprint density at radius 1 is 0.486 bits per heavy atom. The van der Waals surface area contributed by atoms with E-state index in [1.165, 1.54) is 89.1 Å². The number of nitrogens with zero attached hydrogens (tertiary/aromatic N) is 4. The second-order valence-electron chi connectivity index (χ2n) is 17.2. The maximum Gasteiger partial charge on any atom is 0.485 e. The zero-order valence-corrected chi connectivity index (χ0v) is 40.1. The molecule has 0 radical (unpaired) electrons. The number of hydrogen-bond acceptors (Lipinski definition) is 8. The lowest BCUT2D eigenvalue weighted by Gasteiger charge is -2.14. The number of aromatic nitrogens is 2. The van der Waals surface area contributed by atoms with E-state index in [4.69, 9.17) is 25.9 Å². The van der Waals surface area contributed by atoms with Gasteiger partial charge in [-0.05, 0) is 117 Å². The van der Waals surface area contributed by atoms with Gasteiger partial charge in [-0.3, -0.25) is 0 Å². The molecule has 70 heavy (non-hydrogen) atoms. The van der Waals surface area contributed by atoms with Gasteiger partial charge in [0.25, 0.3) is 0 Å². The molecule has 0 saturated carbocycles. The Kier molecular flexibility index (Phi) is 14.9. The van der Waals surface area contributed by atoms with Crippen molar-refractivity contribution in [2.75, 3.05) is 38.0 Å². The van der Waals surface area contributed by atoms with Crippen LogP contribution in [0.3, 0.4) is 0 Å². The summed E-state index contributed by atoms with van der Waals surface area (Å²) in [6.07, 6.45) is 13.6. The van der Waals surface area contributed by atoms with E-state index in [0.29, 0.717) is 0 Å². The Morgan fingerprint density at radius 2 is 0.829 bits per heavy atom. The Balaban J connectivity index is 0.000000390. The summed E-state index contributed by atoms with van der Waals surface area (Å²) < 4.78 is 123. The first-order valence-corrected chi connectivity index (χ1v) is 24.8. The first-order valence-electron chi connectivity index (χ1n) is 21.9. The first-order chi connectivity index (χ1) is 32.9. The lowest BCUT2D eigenvalue weighted by molar-refractivity contribution is -0.689. The van der Waals surface area contributed by atoms with Crippen LogP contribution >= 0.6 is 0 Å². The smallest absolute Gasteiger partial charge is 0.485 e. The van der Waals surface area contributed by atoms with E-state index in [1.54, 1.807) is 0 Å². The third kappa shape index (κ3) is 11.7. The van der Waals surface area contributed by atoms with Crippen LogP contribution in [0.15, 0.2) is 121 Å². The van der Waals surface area contributed by atoms with Gasteiger partial charge in [-0.15, -0.1) is 0 Å². The second-order valence-corrected chi connectivity index (χ2v) is 19.9. The van der Waals surface area contributed by atoms with Crippen LogP contribution in [-0.4, -0.2) is 65.1 Å². The maximum absolute atomic E-state index is 10.7. The SMILES string of the molecule is CN(C)c1ccc2cc(/C=C/c3cccc4[n+]3CCCc3ccc5c(c3-4)-c3cccc(/C=C/c4ccc6cc(N(C)C)ccc6c4)[n+]3CCC5)ccc2c1.O=S(=O)([O-])C(F)(F)F.O=S(=O)([O-])C(F)(F)F. The van der Waals surface area contributed by atoms with E-state index in [-0.39, 0.29) is 0 Å². The molecule has 2 aliphatic rings. The van der Waals surface area contributed by atoms with Gasteiger partial charge in [0.15, 0.2) is 20.2 Å². The molecule has 2 aliphatic heterocycles. The molecule has 0 aliphatic carbocycles. The van der Waals surface area contributed by atoms with Crippen LogP contribution < -0.4 is 18.9 Å². The van der Waals surface area contributed by atoms with Crippen molar-refractivity contribution in [3.05, 3.63) is 155 Å². The fraction of sp³-hybridized carbons (Fsp3) is 0.231. The van der Waals surface area contributed by atoms with Gasteiger partial charge >= 0.3 is 11.0 Å². The monoisotopic (exact) mass is 1000 g/mol. The highest BCUT2D eigenvalue weighted by molar-refractivity contribution is 7.86. The van der Waals surface area contributed by atoms with E-state index in [9.17, 15) is 26.3 Å². The van der Waals surface area contributed by atoms with E-state index in [2.05, 4.69) is 193 Å². The number of anilines is 2. The van der Waals surface area contributed by atoms with Gasteiger partial charge < -0.3 is 18.9 Å². The summed E-state index contributed by atoms with van der Waals surface area (Å²) in [7, 11) is -3.81. The van der Waals surface area contributed by atoms with Crippen LogP contribution in [-0.2, 0) is 46.2 Å². The summed E-state index contributed by atoms with van der Waals surface area (Å²) in [6.45, 7) is 1.99. The van der Waals surface area contributed by atoms with Crippen molar-refractivity contribution < 1.29 is 61.4 Å². The highest BCUT2D eigenvalue weighted by atomic mass is 32.2. The number of hydrogen-bond donors (Lipinski definition) is 0. The van der Waals surface area contributed by atoms with Crippen molar-refractivity contribution in [2.45, 2.75) is 49.8 Å². The van der Waals surface area contributed by atoms with Crippen molar-refractivity contribution in [2.24, 2.45) is 0 Å². The molecule has 0 amide bonds. The molecule has 0 atom stereocenters. The van der Waals surface area contributed by atoms with E-state index < -0.39 is 31.3 Å². The number of benzene rings is 5. The van der Waals surface area contributed by atoms with Gasteiger partial charge in [-0.25, -0.2) is 16.8 Å². The van der Waals surface area contributed by atoms with E-state index in [0.717, 1.165) is 38.8 Å². The Labute approximate surface area is 402 Å². The van der Waals surface area contributed by atoms with Crippen molar-refractivity contribution in [3.8, 4) is 22.5 Å². The molecule has 366 valence electrons. The largest absolute Gasteiger partial charge is 0.741 e. The molecule has 7 aromatic rings. The molecule has 10 nitrogen and oxygen atoms in total. The minimum Gasteiger partial charge on any atom is -0.741 e. The lowest BCUT2D eigenvalue weighted by atomic mass is 9.88. The zero-order valence-electron chi connectivity index (χ0n) is 38.4. The first kappa shape index (κ1) is 51.3. The van der Waals surface area contributed by atoms with Crippen molar-refractivity contribution in [1.82, 2.24) is 0 Å². The maximum atomic E-state index is 10.7. The summed E-state index contributed by atoms with van der Waals surface area (Å²) in [6, 6.07) is 45.5. The summed E-state index contributed by atoms with van der Waals surface area (Å²) in [4.78, 5) is 4.31. The van der Waals surface area contributed by atoms with Crippen LogP contribution in [0.1, 0.15) is 46.5 Å². The number of aryl methyl sites for hydroxylation is 2. The van der Waals surface area contributed by atoms with E-state index >= 15 is 0 Å². The Hall–Kier alpha value is -6.60. The second kappa shape index (κ2) is 20.4. The van der Waals surface area contributed by atoms with Crippen molar-refractivity contribution in [3.63, 3.8) is 0 Å². The van der Waals surface area contributed by atoms with Gasteiger partial charge in [0.2, 0.25) is 22.8 Å². The van der Waals surface area contributed by atoms with Gasteiger partial charge in [0.1, 0.15) is 13.1 Å². The fourth-order valence-corrected chi connectivity index (χ4v) is 8.52. The highest BCUT2D eigenvalue weighted by Gasteiger charge is 2.38. The average molecular weight is 1000 g/mol. The molecule has 0 N–H and O–H groups in total. The third-order valence-corrected chi connectivity index (χ3v) is 13.1. The summed E-state index contributed by atoms with van der Waals surface area (Å²) in [5, 5.41) is 5.06. The molecule has 4 heterocycles.